The smallest absolute Gasteiger partial charge is 0.227 e. The minimum atomic E-state index is 0.185. The third kappa shape index (κ3) is 2.74. The number of hydrogen-bond acceptors (Lipinski definition) is 3. The molecule has 1 saturated heterocycles. The number of aromatic nitrogens is 2. The predicted molar refractivity (Wildman–Crippen MR) is 88.8 cm³/mol. The average Bonchev–Trinajstić information content (AvgIpc) is 2.93. The summed E-state index contributed by atoms with van der Waals surface area (Å²) in [6.45, 7) is 6.62. The fourth-order valence-corrected chi connectivity index (χ4v) is 2.77. The minimum absolute atomic E-state index is 0.185. The van der Waals surface area contributed by atoms with E-state index in [2.05, 4.69) is 16.5 Å². The Balaban J connectivity index is 1.96. The molecule has 0 N–H and O–H groups in total. The zero-order valence-corrected chi connectivity index (χ0v) is 13.1. The van der Waals surface area contributed by atoms with Crippen molar-refractivity contribution >= 4 is 28.8 Å². The van der Waals surface area contributed by atoms with Crippen LogP contribution in [0.25, 0.3) is 16.7 Å². The zero-order valence-electron chi connectivity index (χ0n) is 12.3. The maximum absolute atomic E-state index is 11.8. The lowest BCUT2D eigenvalue weighted by molar-refractivity contribution is -0.117. The van der Waals surface area contributed by atoms with Crippen molar-refractivity contribution in [2.24, 2.45) is 0 Å². The van der Waals surface area contributed by atoms with Crippen LogP contribution in [0.2, 0.25) is 5.28 Å². The second-order valence-corrected chi connectivity index (χ2v) is 5.72. The van der Waals surface area contributed by atoms with E-state index in [1.165, 1.54) is 0 Å². The molecule has 1 aromatic carbocycles. The normalized spacial score (nSPS) is 14.5. The zero-order chi connectivity index (χ0) is 15.7. The van der Waals surface area contributed by atoms with Crippen molar-refractivity contribution in [3.63, 3.8) is 0 Å². The standard InChI is InChI=1S/C17H16ClN3O/c1-11(2)16-14(10-19-17(18)20-16)12-5-7-13(8-6-12)21-9-3-4-15(21)22/h5-8,10H,1,3-4,9H2,2H3. The second kappa shape index (κ2) is 5.89. The molecule has 0 bridgehead atoms. The molecule has 112 valence electrons. The van der Waals surface area contributed by atoms with Gasteiger partial charge >= 0.3 is 0 Å². The minimum Gasteiger partial charge on any atom is -0.312 e. The Hall–Kier alpha value is -2.20. The number of halogens is 1. The van der Waals surface area contributed by atoms with E-state index in [9.17, 15) is 4.79 Å². The Kier molecular flexibility index (Phi) is 3.94. The van der Waals surface area contributed by atoms with Crippen molar-refractivity contribution in [1.29, 1.82) is 0 Å². The number of anilines is 1. The molecule has 1 aliphatic rings. The molecule has 1 amide bonds. The van der Waals surface area contributed by atoms with Crippen molar-refractivity contribution in [3.05, 3.63) is 48.0 Å². The summed E-state index contributed by atoms with van der Waals surface area (Å²) in [4.78, 5) is 21.9. The largest absolute Gasteiger partial charge is 0.312 e. The van der Waals surface area contributed by atoms with Crippen LogP contribution in [0.3, 0.4) is 0 Å². The summed E-state index contributed by atoms with van der Waals surface area (Å²) >= 11 is 5.87. The van der Waals surface area contributed by atoms with Gasteiger partial charge in [0.2, 0.25) is 11.2 Å². The average molecular weight is 314 g/mol. The summed E-state index contributed by atoms with van der Waals surface area (Å²) in [5, 5.41) is 0.209. The molecule has 4 nitrogen and oxygen atoms in total. The van der Waals surface area contributed by atoms with Gasteiger partial charge in [-0.05, 0) is 48.2 Å². The molecule has 3 rings (SSSR count). The van der Waals surface area contributed by atoms with Crippen LogP contribution in [-0.4, -0.2) is 22.4 Å². The summed E-state index contributed by atoms with van der Waals surface area (Å²) in [6, 6.07) is 7.85. The first-order valence-electron chi connectivity index (χ1n) is 7.15. The number of allylic oxidation sites excluding steroid dienone is 1. The molecule has 5 heteroatoms. The van der Waals surface area contributed by atoms with E-state index in [1.807, 2.05) is 36.1 Å². The van der Waals surface area contributed by atoms with Gasteiger partial charge in [-0.3, -0.25) is 4.79 Å². The van der Waals surface area contributed by atoms with Gasteiger partial charge in [0, 0.05) is 30.4 Å². The van der Waals surface area contributed by atoms with E-state index in [0.717, 1.165) is 41.0 Å². The molecule has 0 unspecified atom stereocenters. The molecule has 1 aliphatic heterocycles. The number of benzene rings is 1. The van der Waals surface area contributed by atoms with Crippen LogP contribution in [0.5, 0.6) is 0 Å². The molecule has 0 saturated carbocycles. The Morgan fingerprint density at radius 2 is 2.05 bits per heavy atom. The molecule has 0 spiro atoms. The summed E-state index contributed by atoms with van der Waals surface area (Å²) in [5.41, 5.74) is 4.36. The molecule has 22 heavy (non-hydrogen) atoms. The lowest BCUT2D eigenvalue weighted by Crippen LogP contribution is -2.23. The Bertz CT molecular complexity index is 740. The van der Waals surface area contributed by atoms with E-state index >= 15 is 0 Å². The number of amides is 1. The fourth-order valence-electron chi connectivity index (χ4n) is 2.64. The Morgan fingerprint density at radius 3 is 2.64 bits per heavy atom. The number of hydrogen-bond donors (Lipinski definition) is 0. The highest BCUT2D eigenvalue weighted by Crippen LogP contribution is 2.29. The first kappa shape index (κ1) is 14.7. The fraction of sp³-hybridized carbons (Fsp3) is 0.235. The van der Waals surface area contributed by atoms with Gasteiger partial charge in [0.1, 0.15) is 0 Å². The summed E-state index contributed by atoms with van der Waals surface area (Å²) in [7, 11) is 0. The molecule has 1 aromatic heterocycles. The van der Waals surface area contributed by atoms with Crippen LogP contribution in [0.4, 0.5) is 5.69 Å². The van der Waals surface area contributed by atoms with Crippen LogP contribution in [0.15, 0.2) is 37.0 Å². The molecule has 0 atom stereocenters. The van der Waals surface area contributed by atoms with Gasteiger partial charge in [-0.25, -0.2) is 9.97 Å². The van der Waals surface area contributed by atoms with Crippen molar-refractivity contribution in [2.75, 3.05) is 11.4 Å². The molecule has 2 aromatic rings. The van der Waals surface area contributed by atoms with E-state index in [0.29, 0.717) is 6.42 Å². The van der Waals surface area contributed by atoms with Crippen molar-refractivity contribution in [2.45, 2.75) is 19.8 Å². The SMILES string of the molecule is C=C(C)c1nc(Cl)ncc1-c1ccc(N2CCCC2=O)cc1. The van der Waals surface area contributed by atoms with Gasteiger partial charge in [-0.15, -0.1) is 0 Å². The number of carbonyl (C=O) groups is 1. The molecular formula is C17H16ClN3O. The maximum Gasteiger partial charge on any atom is 0.227 e. The highest BCUT2D eigenvalue weighted by Gasteiger charge is 2.21. The lowest BCUT2D eigenvalue weighted by atomic mass is 10.0. The Labute approximate surface area is 134 Å². The Morgan fingerprint density at radius 1 is 1.32 bits per heavy atom. The van der Waals surface area contributed by atoms with E-state index < -0.39 is 0 Å². The molecule has 0 aliphatic carbocycles. The second-order valence-electron chi connectivity index (χ2n) is 5.38. The molecule has 1 fully saturated rings. The van der Waals surface area contributed by atoms with Crippen molar-refractivity contribution < 1.29 is 4.79 Å². The summed E-state index contributed by atoms with van der Waals surface area (Å²) in [5.74, 6) is 0.185. The van der Waals surface area contributed by atoms with E-state index in [1.54, 1.807) is 6.20 Å². The maximum atomic E-state index is 11.8. The van der Waals surface area contributed by atoms with E-state index in [-0.39, 0.29) is 11.2 Å². The topological polar surface area (TPSA) is 46.1 Å². The number of nitrogens with zero attached hydrogens (tertiary/aromatic N) is 3. The summed E-state index contributed by atoms with van der Waals surface area (Å²) in [6.07, 6.45) is 3.26. The van der Waals surface area contributed by atoms with Gasteiger partial charge < -0.3 is 4.90 Å². The first-order valence-corrected chi connectivity index (χ1v) is 7.53. The van der Waals surface area contributed by atoms with Crippen molar-refractivity contribution in [1.82, 2.24) is 9.97 Å². The van der Waals surface area contributed by atoms with Gasteiger partial charge in [0.15, 0.2) is 0 Å². The van der Waals surface area contributed by atoms with Crippen LogP contribution >= 0.6 is 11.6 Å². The lowest BCUT2D eigenvalue weighted by Gasteiger charge is -2.16. The molecule has 2 heterocycles. The molecular weight excluding hydrogens is 298 g/mol. The monoisotopic (exact) mass is 313 g/mol. The third-order valence-corrected chi connectivity index (χ3v) is 3.91. The highest BCUT2D eigenvalue weighted by atomic mass is 35.5. The molecule has 0 radical (unpaired) electrons. The number of carbonyl (C=O) groups excluding carboxylic acids is 1. The first-order chi connectivity index (χ1) is 10.6. The third-order valence-electron chi connectivity index (χ3n) is 3.73. The highest BCUT2D eigenvalue weighted by molar-refractivity contribution is 6.28. The van der Waals surface area contributed by atoms with Crippen LogP contribution in [-0.2, 0) is 4.79 Å². The van der Waals surface area contributed by atoms with Crippen LogP contribution in [0.1, 0.15) is 25.5 Å². The van der Waals surface area contributed by atoms with Gasteiger partial charge in [-0.1, -0.05) is 18.7 Å². The quantitative estimate of drug-likeness (QED) is 0.806. The predicted octanol–water partition coefficient (Wildman–Crippen LogP) is 3.96. The number of rotatable bonds is 3. The van der Waals surface area contributed by atoms with Crippen molar-refractivity contribution in [3.8, 4) is 11.1 Å². The van der Waals surface area contributed by atoms with Gasteiger partial charge in [-0.2, -0.15) is 0 Å². The summed E-state index contributed by atoms with van der Waals surface area (Å²) < 4.78 is 0. The van der Waals surface area contributed by atoms with E-state index in [4.69, 9.17) is 11.6 Å². The van der Waals surface area contributed by atoms with Crippen LogP contribution < -0.4 is 4.90 Å². The van der Waals surface area contributed by atoms with Gasteiger partial charge in [0.05, 0.1) is 5.69 Å². The van der Waals surface area contributed by atoms with Gasteiger partial charge in [0.25, 0.3) is 0 Å². The van der Waals surface area contributed by atoms with Crippen LogP contribution in [0, 0.1) is 0 Å².